The second kappa shape index (κ2) is 6.61. The maximum atomic E-state index is 11.7. The smallest absolute Gasteiger partial charge is 0.319 e. The van der Waals surface area contributed by atoms with Crippen LogP contribution in [0.3, 0.4) is 0 Å². The zero-order valence-corrected chi connectivity index (χ0v) is 13.5. The minimum absolute atomic E-state index is 0.303. The highest BCUT2D eigenvalue weighted by Gasteiger charge is 2.05. The number of urea groups is 1. The van der Waals surface area contributed by atoms with Gasteiger partial charge in [-0.15, -0.1) is 11.3 Å². The van der Waals surface area contributed by atoms with Crippen molar-refractivity contribution in [3.8, 4) is 0 Å². The molecule has 1 aromatic carbocycles. The van der Waals surface area contributed by atoms with E-state index in [2.05, 4.69) is 26.6 Å². The molecule has 2 aromatic rings. The molecule has 0 aliphatic rings. The lowest BCUT2D eigenvalue weighted by Gasteiger charge is -2.07. The molecule has 0 saturated heterocycles. The predicted octanol–water partition coefficient (Wildman–Crippen LogP) is 5.14. The van der Waals surface area contributed by atoms with Crippen molar-refractivity contribution in [1.29, 1.82) is 0 Å². The van der Waals surface area contributed by atoms with E-state index in [4.69, 9.17) is 23.2 Å². The van der Waals surface area contributed by atoms with Gasteiger partial charge in [0.1, 0.15) is 0 Å². The number of halogens is 3. The van der Waals surface area contributed by atoms with E-state index >= 15 is 0 Å². The SMILES string of the molecule is O=C(NCc1cc(Br)cs1)Nc1cc(Cl)cc(Cl)c1. The molecular formula is C12H9BrCl2N2OS. The van der Waals surface area contributed by atoms with E-state index in [9.17, 15) is 4.79 Å². The molecule has 0 aliphatic carbocycles. The second-order valence-corrected chi connectivity index (χ2v) is 6.48. The van der Waals surface area contributed by atoms with Crippen molar-refractivity contribution in [3.05, 3.63) is 49.0 Å². The molecule has 2 rings (SSSR count). The summed E-state index contributed by atoms with van der Waals surface area (Å²) in [4.78, 5) is 12.8. The quantitative estimate of drug-likeness (QED) is 0.761. The van der Waals surface area contributed by atoms with Gasteiger partial charge in [0, 0.05) is 30.5 Å². The Morgan fingerprint density at radius 2 is 1.89 bits per heavy atom. The summed E-state index contributed by atoms with van der Waals surface area (Å²) in [6.45, 7) is 0.469. The number of hydrogen-bond acceptors (Lipinski definition) is 2. The minimum Gasteiger partial charge on any atom is -0.333 e. The Hall–Kier alpha value is -0.750. The molecule has 2 N–H and O–H groups in total. The van der Waals surface area contributed by atoms with Crippen molar-refractivity contribution >= 4 is 62.2 Å². The van der Waals surface area contributed by atoms with Gasteiger partial charge in [0.05, 0.1) is 6.54 Å². The number of nitrogens with one attached hydrogen (secondary N) is 2. The van der Waals surface area contributed by atoms with Gasteiger partial charge in [-0.1, -0.05) is 23.2 Å². The van der Waals surface area contributed by atoms with Gasteiger partial charge in [-0.3, -0.25) is 0 Å². The molecule has 3 nitrogen and oxygen atoms in total. The number of thiophene rings is 1. The monoisotopic (exact) mass is 378 g/mol. The van der Waals surface area contributed by atoms with Crippen LogP contribution in [0.5, 0.6) is 0 Å². The zero-order valence-electron chi connectivity index (χ0n) is 9.54. The third kappa shape index (κ3) is 4.69. The lowest BCUT2D eigenvalue weighted by molar-refractivity contribution is 0.252. The summed E-state index contributed by atoms with van der Waals surface area (Å²) in [5.74, 6) is 0. The first kappa shape index (κ1) is 14.7. The molecule has 1 heterocycles. The fourth-order valence-corrected chi connectivity index (χ4v) is 3.33. The van der Waals surface area contributed by atoms with E-state index in [1.807, 2.05) is 11.4 Å². The highest BCUT2D eigenvalue weighted by molar-refractivity contribution is 9.10. The summed E-state index contributed by atoms with van der Waals surface area (Å²) in [5, 5.41) is 8.35. The van der Waals surface area contributed by atoms with Gasteiger partial charge in [-0.25, -0.2) is 4.79 Å². The van der Waals surface area contributed by atoms with Gasteiger partial charge in [-0.2, -0.15) is 0 Å². The molecule has 0 radical (unpaired) electrons. The predicted molar refractivity (Wildman–Crippen MR) is 84.3 cm³/mol. The molecule has 7 heteroatoms. The summed E-state index contributed by atoms with van der Waals surface area (Å²) < 4.78 is 1.01. The van der Waals surface area contributed by atoms with Gasteiger partial charge < -0.3 is 10.6 Å². The Bertz CT molecular complexity index is 583. The number of anilines is 1. The summed E-state index contributed by atoms with van der Waals surface area (Å²) in [5.41, 5.74) is 0.558. The van der Waals surface area contributed by atoms with Crippen molar-refractivity contribution in [2.45, 2.75) is 6.54 Å². The number of amides is 2. The average Bonchev–Trinajstić information content (AvgIpc) is 2.71. The summed E-state index contributed by atoms with van der Waals surface area (Å²) in [6.07, 6.45) is 0. The summed E-state index contributed by atoms with van der Waals surface area (Å²) in [6, 6.07) is 6.53. The summed E-state index contributed by atoms with van der Waals surface area (Å²) >= 11 is 16.6. The molecule has 0 atom stereocenters. The van der Waals surface area contributed by atoms with Crippen molar-refractivity contribution in [1.82, 2.24) is 5.32 Å². The first-order valence-electron chi connectivity index (χ1n) is 5.27. The maximum absolute atomic E-state index is 11.7. The Labute approximate surface area is 133 Å². The first-order valence-corrected chi connectivity index (χ1v) is 7.69. The van der Waals surface area contributed by atoms with Crippen LogP contribution < -0.4 is 10.6 Å². The van der Waals surface area contributed by atoms with Crippen LogP contribution in [0.25, 0.3) is 0 Å². The molecule has 19 heavy (non-hydrogen) atoms. The van der Waals surface area contributed by atoms with Gasteiger partial charge in [0.15, 0.2) is 0 Å². The molecule has 0 spiro atoms. The molecule has 0 bridgehead atoms. The van der Waals surface area contributed by atoms with E-state index in [-0.39, 0.29) is 6.03 Å². The summed E-state index contributed by atoms with van der Waals surface area (Å²) in [7, 11) is 0. The van der Waals surface area contributed by atoms with E-state index in [0.717, 1.165) is 9.35 Å². The molecule has 0 fully saturated rings. The van der Waals surface area contributed by atoms with Crippen LogP contribution in [0, 0.1) is 0 Å². The lowest BCUT2D eigenvalue weighted by Crippen LogP contribution is -2.27. The standard InChI is InChI=1S/C12H9BrCl2N2OS/c13-7-1-11(19-6-7)5-16-12(18)17-10-3-8(14)2-9(15)4-10/h1-4,6H,5H2,(H2,16,17,18). The van der Waals surface area contributed by atoms with E-state index in [1.54, 1.807) is 29.5 Å². The van der Waals surface area contributed by atoms with Crippen molar-refractivity contribution < 1.29 is 4.79 Å². The third-order valence-electron chi connectivity index (χ3n) is 2.17. The van der Waals surface area contributed by atoms with E-state index in [1.165, 1.54) is 0 Å². The minimum atomic E-state index is -0.303. The van der Waals surface area contributed by atoms with Crippen LogP contribution in [-0.2, 0) is 6.54 Å². The molecule has 2 amide bonds. The number of carbonyl (C=O) groups is 1. The Balaban J connectivity index is 1.90. The molecule has 0 aliphatic heterocycles. The van der Waals surface area contributed by atoms with Crippen LogP contribution in [0.2, 0.25) is 10.0 Å². The van der Waals surface area contributed by atoms with Gasteiger partial charge in [0.25, 0.3) is 0 Å². The van der Waals surface area contributed by atoms with Gasteiger partial charge >= 0.3 is 6.03 Å². The Morgan fingerprint density at radius 1 is 1.21 bits per heavy atom. The average molecular weight is 380 g/mol. The first-order chi connectivity index (χ1) is 9.02. The number of hydrogen-bond donors (Lipinski definition) is 2. The topological polar surface area (TPSA) is 41.1 Å². The van der Waals surface area contributed by atoms with Crippen molar-refractivity contribution in [2.24, 2.45) is 0 Å². The molecular weight excluding hydrogens is 371 g/mol. The van der Waals surface area contributed by atoms with Crippen LogP contribution in [0.15, 0.2) is 34.1 Å². The van der Waals surface area contributed by atoms with Gasteiger partial charge in [-0.05, 0) is 40.2 Å². The fourth-order valence-electron chi connectivity index (χ4n) is 1.42. The number of rotatable bonds is 3. The largest absolute Gasteiger partial charge is 0.333 e. The molecule has 0 unspecified atom stereocenters. The number of benzene rings is 1. The highest BCUT2D eigenvalue weighted by atomic mass is 79.9. The zero-order chi connectivity index (χ0) is 13.8. The lowest BCUT2D eigenvalue weighted by atomic mass is 10.3. The fraction of sp³-hybridized carbons (Fsp3) is 0.0833. The molecule has 1 aromatic heterocycles. The Morgan fingerprint density at radius 3 is 2.47 bits per heavy atom. The molecule has 100 valence electrons. The van der Waals surface area contributed by atoms with Crippen LogP contribution in [0.1, 0.15) is 4.88 Å². The van der Waals surface area contributed by atoms with E-state index < -0.39 is 0 Å². The maximum Gasteiger partial charge on any atom is 0.319 e. The second-order valence-electron chi connectivity index (χ2n) is 3.70. The van der Waals surface area contributed by atoms with Crippen LogP contribution >= 0.6 is 50.5 Å². The highest BCUT2D eigenvalue weighted by Crippen LogP contribution is 2.22. The number of carbonyl (C=O) groups excluding carboxylic acids is 1. The normalized spacial score (nSPS) is 10.3. The van der Waals surface area contributed by atoms with Crippen molar-refractivity contribution in [2.75, 3.05) is 5.32 Å². The molecule has 0 saturated carbocycles. The third-order valence-corrected chi connectivity index (χ3v) is 4.30. The van der Waals surface area contributed by atoms with Gasteiger partial charge in [0.2, 0.25) is 0 Å². The van der Waals surface area contributed by atoms with Crippen LogP contribution in [-0.4, -0.2) is 6.03 Å². The Kier molecular flexibility index (Phi) is 5.10. The van der Waals surface area contributed by atoms with E-state index in [0.29, 0.717) is 22.3 Å². The van der Waals surface area contributed by atoms with Crippen LogP contribution in [0.4, 0.5) is 10.5 Å². The van der Waals surface area contributed by atoms with Crippen molar-refractivity contribution in [3.63, 3.8) is 0 Å².